The van der Waals surface area contributed by atoms with Gasteiger partial charge in [-0.3, -0.25) is 5.10 Å². The second kappa shape index (κ2) is 8.18. The lowest BCUT2D eigenvalue weighted by molar-refractivity contribution is 0.0158. The first kappa shape index (κ1) is 22.5. The Bertz CT molecular complexity index is 1210. The maximum absolute atomic E-state index is 12.6. The molecule has 0 bridgehead atoms. The van der Waals surface area contributed by atoms with Crippen LogP contribution in [0.25, 0.3) is 22.2 Å². The summed E-state index contributed by atoms with van der Waals surface area (Å²) >= 11 is 0. The number of hydrogen-bond acceptors (Lipinski definition) is 6. The number of aromatic amines is 1. The van der Waals surface area contributed by atoms with Gasteiger partial charge in [0.1, 0.15) is 28.5 Å². The van der Waals surface area contributed by atoms with Gasteiger partial charge in [0.05, 0.1) is 5.52 Å². The first-order chi connectivity index (χ1) is 16.1. The fraction of sp³-hybridized carbons (Fsp3) is 0.500. The number of aromatic nitrogens is 3. The van der Waals surface area contributed by atoms with E-state index in [1.807, 2.05) is 52.1 Å². The molecule has 5 rings (SSSR count). The van der Waals surface area contributed by atoms with Crippen LogP contribution in [0.2, 0.25) is 0 Å². The van der Waals surface area contributed by atoms with E-state index in [0.29, 0.717) is 19.6 Å². The van der Waals surface area contributed by atoms with Crippen LogP contribution in [0.15, 0.2) is 36.5 Å². The molecule has 34 heavy (non-hydrogen) atoms. The van der Waals surface area contributed by atoms with E-state index in [1.54, 1.807) is 4.90 Å². The smallest absolute Gasteiger partial charge is 0.410 e. The number of rotatable bonds is 4. The van der Waals surface area contributed by atoms with E-state index in [-0.39, 0.29) is 17.7 Å². The van der Waals surface area contributed by atoms with Gasteiger partial charge in [-0.1, -0.05) is 0 Å². The van der Waals surface area contributed by atoms with E-state index in [1.165, 1.54) is 0 Å². The predicted octanol–water partition coefficient (Wildman–Crippen LogP) is 5.00. The summed E-state index contributed by atoms with van der Waals surface area (Å²) in [6.45, 7) is 11.8. The maximum atomic E-state index is 12.6. The Morgan fingerprint density at radius 2 is 1.97 bits per heavy atom. The number of benzene rings is 1. The van der Waals surface area contributed by atoms with E-state index in [2.05, 4.69) is 39.1 Å². The molecule has 1 unspecified atom stereocenters. The Labute approximate surface area is 200 Å². The van der Waals surface area contributed by atoms with Gasteiger partial charge in [-0.25, -0.2) is 9.78 Å². The molecule has 1 saturated carbocycles. The number of anilines is 1. The number of fused-ring (bicyclic) bond motifs is 1. The van der Waals surface area contributed by atoms with E-state index in [4.69, 9.17) is 9.47 Å². The third kappa shape index (κ3) is 4.67. The number of pyridine rings is 1. The number of nitrogens with zero attached hydrogens (tertiary/aromatic N) is 4. The minimum Gasteiger partial charge on any atom is -0.488 e. The zero-order chi connectivity index (χ0) is 24.1. The summed E-state index contributed by atoms with van der Waals surface area (Å²) in [6.07, 6.45) is 3.75. The van der Waals surface area contributed by atoms with Gasteiger partial charge in [0.2, 0.25) is 0 Å². The zero-order valence-electron chi connectivity index (χ0n) is 20.6. The second-order valence-corrected chi connectivity index (χ2v) is 10.7. The van der Waals surface area contributed by atoms with E-state index < -0.39 is 5.60 Å². The van der Waals surface area contributed by atoms with Gasteiger partial charge in [0, 0.05) is 42.8 Å². The van der Waals surface area contributed by atoms with Gasteiger partial charge in [-0.05, 0) is 77.8 Å². The molecule has 1 amide bonds. The van der Waals surface area contributed by atoms with Gasteiger partial charge in [-0.2, -0.15) is 5.10 Å². The van der Waals surface area contributed by atoms with Crippen molar-refractivity contribution >= 4 is 22.8 Å². The van der Waals surface area contributed by atoms with E-state index in [0.717, 1.165) is 46.6 Å². The standard InChI is InChI=1S/C26H33N5O3/c1-17-16-30(12-13-31(17)24(32)34-25(2,3)4)22-14-18(8-11-27-22)23-20-15-19(33-26(5)9-10-26)6-7-21(20)28-29-23/h6-8,11,14-15,17H,9-10,12-13,16H2,1-5H3,(H,28,29). The Kier molecular flexibility index (Phi) is 5.41. The Hall–Kier alpha value is -3.29. The SMILES string of the molecule is CC1CN(c2cc(-c3n[nH]c4ccc(OC5(C)CC5)cc34)ccn2)CCN1C(=O)OC(C)(C)C. The largest absolute Gasteiger partial charge is 0.488 e. The first-order valence-corrected chi connectivity index (χ1v) is 12.0. The number of nitrogens with one attached hydrogen (secondary N) is 1. The molecule has 2 fully saturated rings. The van der Waals surface area contributed by atoms with Crippen LogP contribution in [0.4, 0.5) is 10.6 Å². The summed E-state index contributed by atoms with van der Waals surface area (Å²) < 4.78 is 11.7. The average molecular weight is 464 g/mol. The number of amides is 1. The molecule has 1 saturated heterocycles. The van der Waals surface area contributed by atoms with Crippen molar-refractivity contribution in [2.24, 2.45) is 0 Å². The van der Waals surface area contributed by atoms with Crippen LogP contribution in [0.3, 0.4) is 0 Å². The van der Waals surface area contributed by atoms with Crippen molar-refractivity contribution in [2.45, 2.75) is 64.7 Å². The van der Waals surface area contributed by atoms with Crippen molar-refractivity contribution in [1.29, 1.82) is 0 Å². The van der Waals surface area contributed by atoms with Crippen molar-refractivity contribution in [3.05, 3.63) is 36.5 Å². The maximum Gasteiger partial charge on any atom is 0.410 e. The highest BCUT2D eigenvalue weighted by Crippen LogP contribution is 2.40. The number of carbonyl (C=O) groups excluding carboxylic acids is 1. The molecule has 3 heterocycles. The molecule has 1 aliphatic heterocycles. The summed E-state index contributed by atoms with van der Waals surface area (Å²) in [7, 11) is 0. The Morgan fingerprint density at radius 3 is 2.68 bits per heavy atom. The fourth-order valence-corrected chi connectivity index (χ4v) is 4.34. The lowest BCUT2D eigenvalue weighted by atomic mass is 10.1. The molecule has 1 aliphatic carbocycles. The first-order valence-electron chi connectivity index (χ1n) is 12.0. The number of piperazine rings is 1. The van der Waals surface area contributed by atoms with Gasteiger partial charge in [-0.15, -0.1) is 0 Å². The fourth-order valence-electron chi connectivity index (χ4n) is 4.34. The number of carbonyl (C=O) groups is 1. The van der Waals surface area contributed by atoms with Crippen LogP contribution in [-0.4, -0.2) is 63.1 Å². The van der Waals surface area contributed by atoms with Crippen LogP contribution in [0.1, 0.15) is 47.5 Å². The van der Waals surface area contributed by atoms with Gasteiger partial charge in [0.25, 0.3) is 0 Å². The van der Waals surface area contributed by atoms with Crippen LogP contribution in [0.5, 0.6) is 5.75 Å². The van der Waals surface area contributed by atoms with Crippen molar-refractivity contribution in [2.75, 3.05) is 24.5 Å². The third-order valence-corrected chi connectivity index (χ3v) is 6.45. The molecule has 2 aliphatic rings. The van der Waals surface area contributed by atoms with Gasteiger partial charge >= 0.3 is 6.09 Å². The zero-order valence-corrected chi connectivity index (χ0v) is 20.6. The molecule has 3 aromatic rings. The summed E-state index contributed by atoms with van der Waals surface area (Å²) in [6, 6.07) is 10.2. The Balaban J connectivity index is 1.35. The Morgan fingerprint density at radius 1 is 1.18 bits per heavy atom. The van der Waals surface area contributed by atoms with E-state index in [9.17, 15) is 4.79 Å². The number of H-pyrrole nitrogens is 1. The van der Waals surface area contributed by atoms with Crippen molar-refractivity contribution in [3.63, 3.8) is 0 Å². The highest BCUT2D eigenvalue weighted by atomic mass is 16.6. The predicted molar refractivity (Wildman–Crippen MR) is 132 cm³/mol. The minimum atomic E-state index is -0.503. The monoisotopic (exact) mass is 463 g/mol. The molecule has 8 heteroatoms. The molecule has 0 radical (unpaired) electrons. The van der Waals surface area contributed by atoms with Crippen LogP contribution in [-0.2, 0) is 4.74 Å². The van der Waals surface area contributed by atoms with Crippen molar-refractivity contribution in [3.8, 4) is 17.0 Å². The van der Waals surface area contributed by atoms with Crippen LogP contribution < -0.4 is 9.64 Å². The van der Waals surface area contributed by atoms with Gasteiger partial charge < -0.3 is 19.3 Å². The van der Waals surface area contributed by atoms with Crippen LogP contribution >= 0.6 is 0 Å². The lowest BCUT2D eigenvalue weighted by Crippen LogP contribution is -2.55. The quantitative estimate of drug-likeness (QED) is 0.586. The normalized spacial score (nSPS) is 19.9. The number of ether oxygens (including phenoxy) is 2. The molecule has 1 aromatic carbocycles. The van der Waals surface area contributed by atoms with Crippen molar-refractivity contribution in [1.82, 2.24) is 20.1 Å². The molecule has 0 spiro atoms. The second-order valence-electron chi connectivity index (χ2n) is 10.7. The molecule has 8 nitrogen and oxygen atoms in total. The topological polar surface area (TPSA) is 83.6 Å². The molecular weight excluding hydrogens is 430 g/mol. The molecular formula is C26H33N5O3. The molecule has 1 atom stereocenters. The summed E-state index contributed by atoms with van der Waals surface area (Å²) in [4.78, 5) is 21.2. The molecule has 2 aromatic heterocycles. The van der Waals surface area contributed by atoms with Crippen molar-refractivity contribution < 1.29 is 14.3 Å². The third-order valence-electron chi connectivity index (χ3n) is 6.45. The highest BCUT2D eigenvalue weighted by molar-refractivity contribution is 5.94. The molecule has 1 N–H and O–H groups in total. The summed E-state index contributed by atoms with van der Waals surface area (Å²) in [5.74, 6) is 1.75. The summed E-state index contributed by atoms with van der Waals surface area (Å²) in [5.41, 5.74) is 2.32. The number of hydrogen-bond donors (Lipinski definition) is 1. The minimum absolute atomic E-state index is 0.0174. The lowest BCUT2D eigenvalue weighted by Gasteiger charge is -2.40. The summed E-state index contributed by atoms with van der Waals surface area (Å²) in [5, 5.41) is 8.76. The molecule has 180 valence electrons. The van der Waals surface area contributed by atoms with E-state index >= 15 is 0 Å². The van der Waals surface area contributed by atoms with Gasteiger partial charge in [0.15, 0.2) is 0 Å². The highest BCUT2D eigenvalue weighted by Gasteiger charge is 2.40. The van der Waals surface area contributed by atoms with Crippen LogP contribution in [0, 0.1) is 0 Å². The average Bonchev–Trinajstić information content (AvgIpc) is 3.35.